The fourth-order valence-corrected chi connectivity index (χ4v) is 2.02. The number of halogens is 1. The number of ether oxygens (including phenoxy) is 2. The van der Waals surface area contributed by atoms with Crippen molar-refractivity contribution in [3.63, 3.8) is 0 Å². The van der Waals surface area contributed by atoms with Crippen LogP contribution in [0, 0.1) is 0 Å². The lowest BCUT2D eigenvalue weighted by molar-refractivity contribution is 0.397. The van der Waals surface area contributed by atoms with Gasteiger partial charge in [-0.25, -0.2) is 4.98 Å². The molecule has 1 heterocycles. The Labute approximate surface area is 120 Å². The van der Waals surface area contributed by atoms with Crippen LogP contribution in [0.4, 0.5) is 5.69 Å². The number of rotatable bonds is 5. The fourth-order valence-electron chi connectivity index (χ4n) is 1.61. The second-order valence-electron chi connectivity index (χ2n) is 3.91. The molecule has 2 aromatic rings. The van der Waals surface area contributed by atoms with E-state index in [4.69, 9.17) is 9.47 Å². The Hall–Kier alpha value is -1.75. The molecule has 19 heavy (non-hydrogen) atoms. The lowest BCUT2D eigenvalue weighted by Crippen LogP contribution is -2.00. The van der Waals surface area contributed by atoms with Crippen molar-refractivity contribution in [2.75, 3.05) is 19.5 Å². The Bertz CT molecular complexity index is 544. The van der Waals surface area contributed by atoms with Gasteiger partial charge in [0, 0.05) is 30.6 Å². The summed E-state index contributed by atoms with van der Waals surface area (Å²) in [5.74, 6) is 1.42. The van der Waals surface area contributed by atoms with Crippen molar-refractivity contribution < 1.29 is 9.47 Å². The maximum absolute atomic E-state index is 5.25. The zero-order chi connectivity index (χ0) is 13.7. The predicted octanol–water partition coefficient (Wildman–Crippen LogP) is 3.47. The predicted molar refractivity (Wildman–Crippen MR) is 78.8 cm³/mol. The van der Waals surface area contributed by atoms with Gasteiger partial charge in [-0.1, -0.05) is 6.07 Å². The van der Waals surface area contributed by atoms with Crippen molar-refractivity contribution in [2.45, 2.75) is 6.54 Å². The minimum Gasteiger partial charge on any atom is -0.495 e. The van der Waals surface area contributed by atoms with Crippen molar-refractivity contribution in [2.24, 2.45) is 0 Å². The van der Waals surface area contributed by atoms with E-state index in [2.05, 4.69) is 26.2 Å². The summed E-state index contributed by atoms with van der Waals surface area (Å²) in [4.78, 5) is 4.16. The average Bonchev–Trinajstić information content (AvgIpc) is 2.47. The van der Waals surface area contributed by atoms with Crippen LogP contribution in [0.15, 0.2) is 41.0 Å². The zero-order valence-corrected chi connectivity index (χ0v) is 12.4. The van der Waals surface area contributed by atoms with E-state index in [0.717, 1.165) is 21.5 Å². The SMILES string of the molecule is COc1ccc(CNc2ccc(Br)c(OC)c2)cn1. The van der Waals surface area contributed by atoms with Crippen LogP contribution >= 0.6 is 15.9 Å². The van der Waals surface area contributed by atoms with Crippen molar-refractivity contribution in [1.82, 2.24) is 4.98 Å². The van der Waals surface area contributed by atoms with Crippen LogP contribution in [0.25, 0.3) is 0 Å². The maximum Gasteiger partial charge on any atom is 0.212 e. The molecule has 0 unspecified atom stereocenters. The van der Waals surface area contributed by atoms with Crippen molar-refractivity contribution >= 4 is 21.6 Å². The molecule has 1 N–H and O–H groups in total. The molecule has 0 aliphatic rings. The van der Waals surface area contributed by atoms with Crippen LogP contribution in [0.3, 0.4) is 0 Å². The van der Waals surface area contributed by atoms with Crippen LogP contribution in [-0.4, -0.2) is 19.2 Å². The number of hydrogen-bond acceptors (Lipinski definition) is 4. The Morgan fingerprint density at radius 1 is 1.16 bits per heavy atom. The third-order valence-electron chi connectivity index (χ3n) is 2.65. The normalized spacial score (nSPS) is 10.1. The van der Waals surface area contributed by atoms with E-state index in [9.17, 15) is 0 Å². The molecule has 0 amide bonds. The van der Waals surface area contributed by atoms with E-state index in [1.54, 1.807) is 20.4 Å². The number of benzene rings is 1. The van der Waals surface area contributed by atoms with E-state index in [1.165, 1.54) is 0 Å². The molecule has 0 spiro atoms. The second kappa shape index (κ2) is 6.43. The number of pyridine rings is 1. The van der Waals surface area contributed by atoms with Gasteiger partial charge >= 0.3 is 0 Å². The number of methoxy groups -OCH3 is 2. The van der Waals surface area contributed by atoms with E-state index in [1.807, 2.05) is 30.3 Å². The van der Waals surface area contributed by atoms with Gasteiger partial charge in [0.2, 0.25) is 5.88 Å². The maximum atomic E-state index is 5.25. The first-order chi connectivity index (χ1) is 9.22. The summed E-state index contributed by atoms with van der Waals surface area (Å²) >= 11 is 3.43. The van der Waals surface area contributed by atoms with E-state index in [-0.39, 0.29) is 0 Å². The lowest BCUT2D eigenvalue weighted by Gasteiger charge is -2.09. The van der Waals surface area contributed by atoms with E-state index < -0.39 is 0 Å². The van der Waals surface area contributed by atoms with Crippen LogP contribution in [0.5, 0.6) is 11.6 Å². The first kappa shape index (κ1) is 13.7. The zero-order valence-electron chi connectivity index (χ0n) is 10.8. The van der Waals surface area contributed by atoms with Gasteiger partial charge in [-0.15, -0.1) is 0 Å². The number of nitrogens with zero attached hydrogens (tertiary/aromatic N) is 1. The Morgan fingerprint density at radius 2 is 2.00 bits per heavy atom. The molecule has 0 bridgehead atoms. The smallest absolute Gasteiger partial charge is 0.212 e. The number of nitrogens with one attached hydrogen (secondary N) is 1. The molecule has 5 heteroatoms. The molecule has 0 atom stereocenters. The van der Waals surface area contributed by atoms with Gasteiger partial charge in [0.15, 0.2) is 0 Å². The summed E-state index contributed by atoms with van der Waals surface area (Å²) < 4.78 is 11.2. The number of hydrogen-bond donors (Lipinski definition) is 1. The lowest BCUT2D eigenvalue weighted by atomic mass is 10.2. The molecule has 0 fully saturated rings. The van der Waals surface area contributed by atoms with Gasteiger partial charge in [-0.2, -0.15) is 0 Å². The minimum atomic E-state index is 0.620. The molecule has 0 saturated heterocycles. The summed E-state index contributed by atoms with van der Waals surface area (Å²) in [6.07, 6.45) is 1.79. The van der Waals surface area contributed by atoms with Gasteiger partial charge in [0.25, 0.3) is 0 Å². The van der Waals surface area contributed by atoms with Crippen LogP contribution in [0.1, 0.15) is 5.56 Å². The minimum absolute atomic E-state index is 0.620. The number of anilines is 1. The Balaban J connectivity index is 2.01. The van der Waals surface area contributed by atoms with Gasteiger partial charge < -0.3 is 14.8 Å². The summed E-state index contributed by atoms with van der Waals surface area (Å²) in [5, 5.41) is 3.32. The van der Waals surface area contributed by atoms with Crippen LogP contribution < -0.4 is 14.8 Å². The van der Waals surface area contributed by atoms with Crippen molar-refractivity contribution in [3.8, 4) is 11.6 Å². The van der Waals surface area contributed by atoms with E-state index >= 15 is 0 Å². The quantitative estimate of drug-likeness (QED) is 0.915. The van der Waals surface area contributed by atoms with Crippen LogP contribution in [-0.2, 0) is 6.54 Å². The second-order valence-corrected chi connectivity index (χ2v) is 4.77. The summed E-state index contributed by atoms with van der Waals surface area (Å²) in [5.41, 5.74) is 2.08. The molecule has 0 aliphatic heterocycles. The Morgan fingerprint density at radius 3 is 2.63 bits per heavy atom. The summed E-state index contributed by atoms with van der Waals surface area (Å²) in [6.45, 7) is 0.696. The highest BCUT2D eigenvalue weighted by atomic mass is 79.9. The molecule has 0 aliphatic carbocycles. The number of aromatic nitrogens is 1. The molecule has 1 aromatic heterocycles. The summed E-state index contributed by atoms with van der Waals surface area (Å²) in [7, 11) is 3.26. The van der Waals surface area contributed by atoms with Gasteiger partial charge in [-0.3, -0.25) is 0 Å². The highest BCUT2D eigenvalue weighted by molar-refractivity contribution is 9.10. The standard InChI is InChI=1S/C14H15BrN2O2/c1-18-13-7-11(4-5-12(13)15)16-8-10-3-6-14(19-2)17-9-10/h3-7,9,16H,8H2,1-2H3. The molecular weight excluding hydrogens is 308 g/mol. The van der Waals surface area contributed by atoms with E-state index in [0.29, 0.717) is 12.4 Å². The third kappa shape index (κ3) is 3.61. The van der Waals surface area contributed by atoms with Gasteiger partial charge in [0.1, 0.15) is 5.75 Å². The molecular formula is C14H15BrN2O2. The van der Waals surface area contributed by atoms with Crippen LogP contribution in [0.2, 0.25) is 0 Å². The average molecular weight is 323 g/mol. The molecule has 0 radical (unpaired) electrons. The first-order valence-electron chi connectivity index (χ1n) is 5.79. The fraction of sp³-hybridized carbons (Fsp3) is 0.214. The molecule has 1 aromatic carbocycles. The Kier molecular flexibility index (Phi) is 4.63. The molecule has 100 valence electrons. The largest absolute Gasteiger partial charge is 0.495 e. The van der Waals surface area contributed by atoms with Gasteiger partial charge in [-0.05, 0) is 33.6 Å². The van der Waals surface area contributed by atoms with Gasteiger partial charge in [0.05, 0.1) is 18.7 Å². The van der Waals surface area contributed by atoms with Crippen molar-refractivity contribution in [1.29, 1.82) is 0 Å². The molecule has 4 nitrogen and oxygen atoms in total. The molecule has 0 saturated carbocycles. The first-order valence-corrected chi connectivity index (χ1v) is 6.58. The summed E-state index contributed by atoms with van der Waals surface area (Å²) in [6, 6.07) is 9.71. The highest BCUT2D eigenvalue weighted by Crippen LogP contribution is 2.28. The third-order valence-corrected chi connectivity index (χ3v) is 3.31. The van der Waals surface area contributed by atoms with Crippen molar-refractivity contribution in [3.05, 3.63) is 46.6 Å². The topological polar surface area (TPSA) is 43.4 Å². The highest BCUT2D eigenvalue weighted by Gasteiger charge is 2.02. The monoisotopic (exact) mass is 322 g/mol. The molecule has 2 rings (SSSR count).